The summed E-state index contributed by atoms with van der Waals surface area (Å²) >= 11 is 0. The van der Waals surface area contributed by atoms with Crippen molar-refractivity contribution in [3.8, 4) is 0 Å². The van der Waals surface area contributed by atoms with Crippen molar-refractivity contribution in [2.45, 2.75) is 37.9 Å². The van der Waals surface area contributed by atoms with E-state index in [0.29, 0.717) is 24.0 Å². The lowest BCUT2D eigenvalue weighted by molar-refractivity contribution is -0.141. The Hall–Kier alpha value is -5.45. The molecule has 3 aromatic carbocycles. The van der Waals surface area contributed by atoms with Gasteiger partial charge in [0.25, 0.3) is 11.8 Å². The Bertz CT molecular complexity index is 1730. The van der Waals surface area contributed by atoms with Crippen LogP contribution in [0.2, 0.25) is 0 Å². The van der Waals surface area contributed by atoms with Crippen molar-refractivity contribution in [2.75, 3.05) is 6.54 Å². The van der Waals surface area contributed by atoms with Crippen LogP contribution in [0.25, 0.3) is 10.9 Å². The SMILES string of the molecule is O=C(NCc1ccccc1)C(=O)[C@H](C[C@@H]1CCNC1=O)NC(=O)[C@H](Cc1cccc(F)c1)NC(=O)c1ccc2ccccc2n1. The smallest absolute Gasteiger partial charge is 0.289 e. The molecule has 10 nitrogen and oxygen atoms in total. The molecule has 0 aliphatic carbocycles. The highest BCUT2D eigenvalue weighted by molar-refractivity contribution is 6.38. The quantitative estimate of drug-likeness (QED) is 0.182. The molecule has 1 aliphatic heterocycles. The lowest BCUT2D eigenvalue weighted by Gasteiger charge is -2.24. The normalized spacial score (nSPS) is 15.5. The van der Waals surface area contributed by atoms with E-state index in [-0.39, 0.29) is 31.0 Å². The summed E-state index contributed by atoms with van der Waals surface area (Å²) in [6.07, 6.45) is 0.206. The molecule has 0 spiro atoms. The number of fused-ring (bicyclic) bond motifs is 1. The number of benzene rings is 3. The van der Waals surface area contributed by atoms with Gasteiger partial charge in [-0.05, 0) is 48.2 Å². The monoisotopic (exact) mass is 609 g/mol. The Labute approximate surface area is 258 Å². The molecule has 11 heteroatoms. The summed E-state index contributed by atoms with van der Waals surface area (Å²) in [6, 6.07) is 22.4. The standard InChI is InChI=1S/C34H32FN5O5/c35-25-11-6-9-22(17-25)18-29(40-32(43)27-14-13-23-10-4-5-12-26(23)38-27)33(44)39-28(19-24-15-16-36-31(24)42)30(41)34(45)37-20-21-7-2-1-3-8-21/h1-14,17,24,28-29H,15-16,18-20H2,(H,36,42)(H,37,45)(H,39,44)(H,40,43)/t24-,28-,29-/m0/s1. The Morgan fingerprint density at radius 3 is 2.38 bits per heavy atom. The molecule has 0 radical (unpaired) electrons. The van der Waals surface area contributed by atoms with Gasteiger partial charge in [-0.3, -0.25) is 24.0 Å². The minimum absolute atomic E-state index is 0.0567. The van der Waals surface area contributed by atoms with E-state index in [1.807, 2.05) is 18.2 Å². The molecule has 0 bridgehead atoms. The number of para-hydroxylation sites is 1. The summed E-state index contributed by atoms with van der Waals surface area (Å²) in [7, 11) is 0. The Morgan fingerprint density at radius 1 is 0.867 bits per heavy atom. The zero-order valence-corrected chi connectivity index (χ0v) is 24.3. The van der Waals surface area contributed by atoms with Crippen LogP contribution in [0, 0.1) is 11.7 Å². The van der Waals surface area contributed by atoms with Crippen LogP contribution in [0.4, 0.5) is 4.39 Å². The molecule has 3 atom stereocenters. The van der Waals surface area contributed by atoms with Crippen LogP contribution in [0.3, 0.4) is 0 Å². The molecular weight excluding hydrogens is 577 g/mol. The van der Waals surface area contributed by atoms with Crippen LogP contribution in [0.15, 0.2) is 91.0 Å². The molecule has 4 amide bonds. The minimum Gasteiger partial charge on any atom is -0.356 e. The molecule has 45 heavy (non-hydrogen) atoms. The number of hydrogen-bond acceptors (Lipinski definition) is 6. The van der Waals surface area contributed by atoms with Crippen molar-refractivity contribution >= 4 is 40.3 Å². The molecule has 5 rings (SSSR count). The first kappa shape index (κ1) is 31.0. The average Bonchev–Trinajstić information content (AvgIpc) is 3.46. The summed E-state index contributed by atoms with van der Waals surface area (Å²) in [5, 5.41) is 11.4. The first-order valence-corrected chi connectivity index (χ1v) is 14.6. The van der Waals surface area contributed by atoms with E-state index in [2.05, 4.69) is 26.3 Å². The average molecular weight is 610 g/mol. The van der Waals surface area contributed by atoms with Gasteiger partial charge in [0, 0.05) is 30.8 Å². The van der Waals surface area contributed by atoms with Crippen LogP contribution in [0.5, 0.6) is 0 Å². The van der Waals surface area contributed by atoms with Crippen LogP contribution in [-0.2, 0) is 32.1 Å². The van der Waals surface area contributed by atoms with Crippen molar-refractivity contribution < 1.29 is 28.4 Å². The van der Waals surface area contributed by atoms with Gasteiger partial charge in [0.2, 0.25) is 17.6 Å². The molecule has 4 N–H and O–H groups in total. The molecule has 2 heterocycles. The number of carbonyl (C=O) groups excluding carboxylic acids is 5. The van der Waals surface area contributed by atoms with Gasteiger partial charge in [-0.1, -0.05) is 66.7 Å². The first-order valence-electron chi connectivity index (χ1n) is 14.6. The van der Waals surface area contributed by atoms with Crippen LogP contribution >= 0.6 is 0 Å². The summed E-state index contributed by atoms with van der Waals surface area (Å²) < 4.78 is 14.0. The molecule has 1 fully saturated rings. The van der Waals surface area contributed by atoms with Gasteiger partial charge < -0.3 is 21.3 Å². The molecular formula is C34H32FN5O5. The number of pyridine rings is 1. The van der Waals surface area contributed by atoms with Gasteiger partial charge in [0.1, 0.15) is 17.6 Å². The van der Waals surface area contributed by atoms with Crippen LogP contribution < -0.4 is 21.3 Å². The second-order valence-electron chi connectivity index (χ2n) is 10.9. The summed E-state index contributed by atoms with van der Waals surface area (Å²) in [5.74, 6) is -4.68. The van der Waals surface area contributed by atoms with Crippen LogP contribution in [0.1, 0.15) is 34.5 Å². The van der Waals surface area contributed by atoms with Crippen molar-refractivity contribution in [1.82, 2.24) is 26.3 Å². The van der Waals surface area contributed by atoms with Gasteiger partial charge in [-0.2, -0.15) is 0 Å². The number of ketones is 1. The van der Waals surface area contributed by atoms with Crippen molar-refractivity contribution in [3.05, 3.63) is 114 Å². The van der Waals surface area contributed by atoms with Gasteiger partial charge >= 0.3 is 0 Å². The minimum atomic E-state index is -1.35. The van der Waals surface area contributed by atoms with Crippen molar-refractivity contribution in [1.29, 1.82) is 0 Å². The highest BCUT2D eigenvalue weighted by Crippen LogP contribution is 2.18. The van der Waals surface area contributed by atoms with Gasteiger partial charge in [-0.15, -0.1) is 0 Å². The van der Waals surface area contributed by atoms with E-state index in [1.54, 1.807) is 48.5 Å². The number of hydrogen-bond donors (Lipinski definition) is 4. The molecule has 1 aliphatic rings. The first-order chi connectivity index (χ1) is 21.8. The van der Waals surface area contributed by atoms with Crippen molar-refractivity contribution in [2.24, 2.45) is 5.92 Å². The van der Waals surface area contributed by atoms with Crippen LogP contribution in [-0.4, -0.2) is 53.0 Å². The summed E-state index contributed by atoms with van der Waals surface area (Å²) in [4.78, 5) is 70.1. The number of carbonyl (C=O) groups is 5. The van der Waals surface area contributed by atoms with E-state index >= 15 is 0 Å². The maximum absolute atomic E-state index is 14.0. The lowest BCUT2D eigenvalue weighted by Crippen LogP contribution is -2.55. The number of amides is 4. The number of rotatable bonds is 12. The molecule has 0 unspecified atom stereocenters. The topological polar surface area (TPSA) is 146 Å². The second-order valence-corrected chi connectivity index (χ2v) is 10.9. The fourth-order valence-electron chi connectivity index (χ4n) is 5.22. The lowest BCUT2D eigenvalue weighted by atomic mass is 9.94. The third kappa shape index (κ3) is 8.14. The van der Waals surface area contributed by atoms with Gasteiger partial charge in [-0.25, -0.2) is 9.37 Å². The number of halogens is 1. The van der Waals surface area contributed by atoms with E-state index in [0.717, 1.165) is 10.9 Å². The van der Waals surface area contributed by atoms with Crippen molar-refractivity contribution in [3.63, 3.8) is 0 Å². The predicted octanol–water partition coefficient (Wildman–Crippen LogP) is 2.61. The zero-order valence-electron chi connectivity index (χ0n) is 24.3. The molecule has 4 aromatic rings. The molecule has 0 saturated carbocycles. The third-order valence-corrected chi connectivity index (χ3v) is 7.62. The highest BCUT2D eigenvalue weighted by atomic mass is 19.1. The molecule has 1 aromatic heterocycles. The third-order valence-electron chi connectivity index (χ3n) is 7.62. The fourth-order valence-corrected chi connectivity index (χ4v) is 5.22. The Morgan fingerprint density at radius 2 is 1.62 bits per heavy atom. The Balaban J connectivity index is 1.36. The largest absolute Gasteiger partial charge is 0.356 e. The van der Waals surface area contributed by atoms with E-state index in [4.69, 9.17) is 0 Å². The van der Waals surface area contributed by atoms with E-state index in [1.165, 1.54) is 24.3 Å². The number of nitrogens with one attached hydrogen (secondary N) is 4. The summed E-state index contributed by atoms with van der Waals surface area (Å²) in [5.41, 5.74) is 1.83. The number of Topliss-reactive ketones (excluding diaryl/α,β-unsaturated/α-hetero) is 1. The summed E-state index contributed by atoms with van der Waals surface area (Å²) in [6.45, 7) is 0.503. The highest BCUT2D eigenvalue weighted by Gasteiger charge is 2.35. The van der Waals surface area contributed by atoms with Gasteiger partial charge in [0.05, 0.1) is 11.6 Å². The second kappa shape index (κ2) is 14.3. The van der Waals surface area contributed by atoms with E-state index in [9.17, 15) is 28.4 Å². The number of aromatic nitrogens is 1. The maximum atomic E-state index is 14.0. The zero-order chi connectivity index (χ0) is 31.8. The molecule has 230 valence electrons. The Kier molecular flexibility index (Phi) is 9.88. The van der Waals surface area contributed by atoms with E-state index < -0.39 is 47.3 Å². The maximum Gasteiger partial charge on any atom is 0.289 e. The molecule has 1 saturated heterocycles. The predicted molar refractivity (Wildman–Crippen MR) is 164 cm³/mol. The number of nitrogens with zero attached hydrogens (tertiary/aromatic N) is 1. The van der Waals surface area contributed by atoms with Gasteiger partial charge in [0.15, 0.2) is 0 Å². The fraction of sp³-hybridized carbons (Fsp3) is 0.235.